The molecule has 1 aliphatic rings. The molecule has 1 aromatic carbocycles. The summed E-state index contributed by atoms with van der Waals surface area (Å²) in [7, 11) is 1.66. The molecule has 1 aromatic rings. The fourth-order valence-corrected chi connectivity index (χ4v) is 1.98. The van der Waals surface area contributed by atoms with Crippen molar-refractivity contribution in [3.8, 4) is 0 Å². The van der Waals surface area contributed by atoms with Crippen molar-refractivity contribution < 1.29 is 18.7 Å². The summed E-state index contributed by atoms with van der Waals surface area (Å²) in [4.78, 5) is 24.3. The molecule has 0 bridgehead atoms. The average molecular weight is 280 g/mol. The van der Waals surface area contributed by atoms with E-state index >= 15 is 0 Å². The zero-order valence-corrected chi connectivity index (χ0v) is 11.3. The third kappa shape index (κ3) is 3.94. The maximum Gasteiger partial charge on any atom is 0.409 e. The number of nitrogens with one attached hydrogen (secondary N) is 1. The number of carbonyl (C=O) groups excluding carboxylic acids is 2. The Bertz CT molecular complexity index is 490. The summed E-state index contributed by atoms with van der Waals surface area (Å²) in [5.74, 6) is -0.410. The molecule has 6 heteroatoms. The number of amides is 2. The maximum atomic E-state index is 12.7. The Balaban J connectivity index is 1.68. The van der Waals surface area contributed by atoms with Crippen molar-refractivity contribution in [2.45, 2.75) is 25.5 Å². The van der Waals surface area contributed by atoms with Gasteiger partial charge in [-0.15, -0.1) is 0 Å². The van der Waals surface area contributed by atoms with E-state index in [2.05, 4.69) is 5.32 Å². The highest BCUT2D eigenvalue weighted by molar-refractivity contribution is 5.76. The number of benzene rings is 1. The lowest BCUT2D eigenvalue weighted by Crippen LogP contribution is -2.25. The topological polar surface area (TPSA) is 58.6 Å². The van der Waals surface area contributed by atoms with Gasteiger partial charge in [0.2, 0.25) is 5.91 Å². The molecule has 1 unspecified atom stereocenters. The number of hydrogen-bond donors (Lipinski definition) is 1. The molecule has 0 aromatic heterocycles. The van der Waals surface area contributed by atoms with Gasteiger partial charge in [-0.25, -0.2) is 9.18 Å². The Kier molecular flexibility index (Phi) is 4.55. The first-order valence-electron chi connectivity index (χ1n) is 6.47. The van der Waals surface area contributed by atoms with Gasteiger partial charge in [0.1, 0.15) is 11.9 Å². The quantitative estimate of drug-likeness (QED) is 0.892. The van der Waals surface area contributed by atoms with Crippen molar-refractivity contribution in [1.29, 1.82) is 0 Å². The fraction of sp³-hybridized carbons (Fsp3) is 0.429. The van der Waals surface area contributed by atoms with Crippen LogP contribution in [0.5, 0.6) is 0 Å². The van der Waals surface area contributed by atoms with Crippen molar-refractivity contribution in [2.75, 3.05) is 13.6 Å². The minimum absolute atomic E-state index is 0.111. The normalized spacial score (nSPS) is 18.0. The molecule has 1 heterocycles. The molecule has 0 saturated carbocycles. The standard InChI is InChI=1S/C14H17FN2O3/c1-17-9-12(20-14(17)19)6-7-13(18)16-8-10-2-4-11(15)5-3-10/h2-5,12H,6-9H2,1H3,(H,16,18). The van der Waals surface area contributed by atoms with Crippen LogP contribution in [0.1, 0.15) is 18.4 Å². The molecular weight excluding hydrogens is 263 g/mol. The van der Waals surface area contributed by atoms with Crippen molar-refractivity contribution in [3.05, 3.63) is 35.6 Å². The van der Waals surface area contributed by atoms with Gasteiger partial charge >= 0.3 is 6.09 Å². The second kappa shape index (κ2) is 6.36. The first-order chi connectivity index (χ1) is 9.54. The summed E-state index contributed by atoms with van der Waals surface area (Å²) in [6.07, 6.45) is 0.240. The lowest BCUT2D eigenvalue weighted by molar-refractivity contribution is -0.121. The van der Waals surface area contributed by atoms with E-state index in [1.807, 2.05) is 0 Å². The van der Waals surface area contributed by atoms with Gasteiger partial charge in [-0.2, -0.15) is 0 Å². The molecule has 20 heavy (non-hydrogen) atoms. The number of rotatable bonds is 5. The van der Waals surface area contributed by atoms with Crippen LogP contribution in [0.15, 0.2) is 24.3 Å². The first kappa shape index (κ1) is 14.3. The minimum Gasteiger partial charge on any atom is -0.444 e. The van der Waals surface area contributed by atoms with E-state index in [-0.39, 0.29) is 23.9 Å². The second-order valence-electron chi connectivity index (χ2n) is 4.83. The summed E-state index contributed by atoms with van der Waals surface area (Å²) < 4.78 is 17.8. The van der Waals surface area contributed by atoms with Crippen LogP contribution in [0.4, 0.5) is 9.18 Å². The Morgan fingerprint density at radius 1 is 1.45 bits per heavy atom. The minimum atomic E-state index is -0.346. The third-order valence-corrected chi connectivity index (χ3v) is 3.15. The molecule has 1 N–H and O–H groups in total. The number of cyclic esters (lactones) is 1. The van der Waals surface area contributed by atoms with Crippen LogP contribution in [-0.4, -0.2) is 36.6 Å². The van der Waals surface area contributed by atoms with E-state index in [0.29, 0.717) is 25.9 Å². The Morgan fingerprint density at radius 3 is 2.75 bits per heavy atom. The van der Waals surface area contributed by atoms with E-state index in [0.717, 1.165) is 5.56 Å². The van der Waals surface area contributed by atoms with Crippen LogP contribution in [-0.2, 0) is 16.1 Å². The molecule has 1 atom stereocenters. The summed E-state index contributed by atoms with van der Waals surface area (Å²) >= 11 is 0. The molecule has 2 rings (SSSR count). The number of hydrogen-bond acceptors (Lipinski definition) is 3. The van der Waals surface area contributed by atoms with Crippen LogP contribution in [0.25, 0.3) is 0 Å². The van der Waals surface area contributed by atoms with E-state index in [1.54, 1.807) is 19.2 Å². The highest BCUT2D eigenvalue weighted by Crippen LogP contribution is 2.13. The Hall–Kier alpha value is -2.11. The lowest BCUT2D eigenvalue weighted by atomic mass is 10.2. The number of halogens is 1. The zero-order chi connectivity index (χ0) is 14.5. The van der Waals surface area contributed by atoms with Crippen LogP contribution in [0, 0.1) is 5.82 Å². The first-order valence-corrected chi connectivity index (χ1v) is 6.47. The van der Waals surface area contributed by atoms with Crippen LogP contribution >= 0.6 is 0 Å². The predicted octanol–water partition coefficient (Wildman–Crippen LogP) is 1.67. The predicted molar refractivity (Wildman–Crippen MR) is 70.4 cm³/mol. The second-order valence-corrected chi connectivity index (χ2v) is 4.83. The summed E-state index contributed by atoms with van der Waals surface area (Å²) in [6, 6.07) is 5.97. The van der Waals surface area contributed by atoms with Crippen molar-refractivity contribution in [3.63, 3.8) is 0 Å². The molecule has 0 aliphatic carbocycles. The lowest BCUT2D eigenvalue weighted by Gasteiger charge is -2.08. The third-order valence-electron chi connectivity index (χ3n) is 3.15. The SMILES string of the molecule is CN1CC(CCC(=O)NCc2ccc(F)cc2)OC1=O. The molecule has 0 spiro atoms. The molecular formula is C14H17FN2O3. The number of carbonyl (C=O) groups is 2. The van der Waals surface area contributed by atoms with Crippen LogP contribution in [0.3, 0.4) is 0 Å². The molecule has 5 nitrogen and oxygen atoms in total. The van der Waals surface area contributed by atoms with E-state index < -0.39 is 0 Å². The Labute approximate surface area is 116 Å². The van der Waals surface area contributed by atoms with Gasteiger partial charge in [0, 0.05) is 20.0 Å². The molecule has 1 fully saturated rings. The maximum absolute atomic E-state index is 12.7. The Morgan fingerprint density at radius 2 is 2.15 bits per heavy atom. The smallest absolute Gasteiger partial charge is 0.409 e. The number of nitrogens with zero attached hydrogens (tertiary/aromatic N) is 1. The summed E-state index contributed by atoms with van der Waals surface area (Å²) in [5, 5.41) is 2.75. The zero-order valence-electron chi connectivity index (χ0n) is 11.3. The highest BCUT2D eigenvalue weighted by atomic mass is 19.1. The molecule has 2 amide bonds. The van der Waals surface area contributed by atoms with E-state index in [4.69, 9.17) is 4.74 Å². The van der Waals surface area contributed by atoms with Crippen LogP contribution < -0.4 is 5.32 Å². The van der Waals surface area contributed by atoms with Gasteiger partial charge < -0.3 is 15.0 Å². The summed E-state index contributed by atoms with van der Waals surface area (Å²) in [6.45, 7) is 0.882. The molecule has 1 aliphatic heterocycles. The highest BCUT2D eigenvalue weighted by Gasteiger charge is 2.28. The van der Waals surface area contributed by atoms with E-state index in [1.165, 1.54) is 17.0 Å². The monoisotopic (exact) mass is 280 g/mol. The van der Waals surface area contributed by atoms with E-state index in [9.17, 15) is 14.0 Å². The van der Waals surface area contributed by atoms with Crippen molar-refractivity contribution >= 4 is 12.0 Å². The fourth-order valence-electron chi connectivity index (χ4n) is 1.98. The van der Waals surface area contributed by atoms with Crippen molar-refractivity contribution in [2.24, 2.45) is 0 Å². The summed E-state index contributed by atoms with van der Waals surface area (Å²) in [5.41, 5.74) is 0.840. The van der Waals surface area contributed by atoms with Gasteiger partial charge in [-0.05, 0) is 24.1 Å². The average Bonchev–Trinajstić information content (AvgIpc) is 2.75. The number of likely N-dealkylation sites (N-methyl/N-ethyl adjacent to an activating group) is 1. The molecule has 1 saturated heterocycles. The van der Waals surface area contributed by atoms with Crippen LogP contribution in [0.2, 0.25) is 0 Å². The van der Waals surface area contributed by atoms with Crippen molar-refractivity contribution in [1.82, 2.24) is 10.2 Å². The van der Waals surface area contributed by atoms with Gasteiger partial charge in [-0.3, -0.25) is 4.79 Å². The van der Waals surface area contributed by atoms with Gasteiger partial charge in [-0.1, -0.05) is 12.1 Å². The van der Waals surface area contributed by atoms with Gasteiger partial charge in [0.05, 0.1) is 6.54 Å². The molecule has 0 radical (unpaired) electrons. The largest absolute Gasteiger partial charge is 0.444 e. The van der Waals surface area contributed by atoms with Gasteiger partial charge in [0.15, 0.2) is 0 Å². The molecule has 108 valence electrons. The number of ether oxygens (including phenoxy) is 1. The van der Waals surface area contributed by atoms with Gasteiger partial charge in [0.25, 0.3) is 0 Å².